The van der Waals surface area contributed by atoms with E-state index < -0.39 is 11.9 Å². The number of aromatic nitrogens is 3. The Morgan fingerprint density at radius 2 is 1.62 bits per heavy atom. The van der Waals surface area contributed by atoms with Crippen LogP contribution >= 0.6 is 11.3 Å². The van der Waals surface area contributed by atoms with Gasteiger partial charge in [0.15, 0.2) is 5.69 Å². The van der Waals surface area contributed by atoms with Crippen molar-refractivity contribution in [3.8, 4) is 21.8 Å². The van der Waals surface area contributed by atoms with E-state index in [-0.39, 0.29) is 5.56 Å². The largest absolute Gasteiger partial charge is 0.435 e. The number of nitrogens with one attached hydrogen (secondary N) is 1. The Morgan fingerprint density at radius 1 is 0.906 bits per heavy atom. The van der Waals surface area contributed by atoms with Gasteiger partial charge in [0.25, 0.3) is 0 Å². The molecular formula is C25H32F3N3S. The van der Waals surface area contributed by atoms with Gasteiger partial charge in [-0.15, -0.1) is 11.3 Å². The van der Waals surface area contributed by atoms with Crippen LogP contribution in [0.1, 0.15) is 81.3 Å². The third-order valence-corrected chi connectivity index (χ3v) is 6.85. The van der Waals surface area contributed by atoms with Crippen molar-refractivity contribution in [3.05, 3.63) is 46.6 Å². The first-order chi connectivity index (χ1) is 15.4. The quantitative estimate of drug-likeness (QED) is 0.274. The molecule has 0 spiro atoms. The third-order valence-electron chi connectivity index (χ3n) is 5.65. The van der Waals surface area contributed by atoms with Gasteiger partial charge in [0.1, 0.15) is 0 Å². The Labute approximate surface area is 192 Å². The van der Waals surface area contributed by atoms with Crippen molar-refractivity contribution in [3.63, 3.8) is 0 Å². The lowest BCUT2D eigenvalue weighted by Crippen LogP contribution is -2.09. The molecule has 0 atom stereocenters. The first kappa shape index (κ1) is 24.5. The minimum absolute atomic E-state index is 0.223. The minimum atomic E-state index is -4.48. The number of nitrogens with zero attached hydrogens (tertiary/aromatic N) is 2. The summed E-state index contributed by atoms with van der Waals surface area (Å²) in [5.74, 6) is 0. The summed E-state index contributed by atoms with van der Waals surface area (Å²) >= 11 is 1.75. The molecule has 7 heteroatoms. The lowest BCUT2D eigenvalue weighted by Gasteiger charge is -2.09. The molecule has 0 saturated carbocycles. The van der Waals surface area contributed by atoms with Gasteiger partial charge in [-0.2, -0.15) is 18.3 Å². The maximum absolute atomic E-state index is 13.5. The highest BCUT2D eigenvalue weighted by Gasteiger charge is 2.38. The van der Waals surface area contributed by atoms with Crippen LogP contribution in [0.3, 0.4) is 0 Å². The van der Waals surface area contributed by atoms with Crippen molar-refractivity contribution in [1.29, 1.82) is 0 Å². The number of thiophene rings is 1. The van der Waals surface area contributed by atoms with Crippen molar-refractivity contribution < 1.29 is 13.2 Å². The van der Waals surface area contributed by atoms with E-state index in [4.69, 9.17) is 0 Å². The second kappa shape index (κ2) is 11.6. The molecule has 3 aromatic heterocycles. The monoisotopic (exact) mass is 463 g/mol. The van der Waals surface area contributed by atoms with Gasteiger partial charge in [0.05, 0.1) is 11.4 Å². The van der Waals surface area contributed by atoms with Crippen molar-refractivity contribution in [2.75, 3.05) is 0 Å². The molecule has 3 heterocycles. The van der Waals surface area contributed by atoms with Gasteiger partial charge < -0.3 is 0 Å². The van der Waals surface area contributed by atoms with Crippen LogP contribution in [0.15, 0.2) is 30.5 Å². The number of rotatable bonds is 12. The van der Waals surface area contributed by atoms with E-state index in [1.54, 1.807) is 17.5 Å². The minimum Gasteiger partial charge on any atom is -0.275 e. The molecule has 0 unspecified atom stereocenters. The second-order valence-corrected chi connectivity index (χ2v) is 9.41. The fourth-order valence-electron chi connectivity index (χ4n) is 3.90. The highest BCUT2D eigenvalue weighted by atomic mass is 32.1. The average molecular weight is 464 g/mol. The van der Waals surface area contributed by atoms with Crippen LogP contribution < -0.4 is 0 Å². The zero-order valence-corrected chi connectivity index (χ0v) is 19.7. The van der Waals surface area contributed by atoms with Crippen LogP contribution in [0.5, 0.6) is 0 Å². The Morgan fingerprint density at radius 3 is 2.31 bits per heavy atom. The van der Waals surface area contributed by atoms with Gasteiger partial charge in [0.2, 0.25) is 0 Å². The summed E-state index contributed by atoms with van der Waals surface area (Å²) in [5.41, 5.74) is 1.27. The number of hydrogen-bond donors (Lipinski definition) is 1. The molecule has 0 radical (unpaired) electrons. The summed E-state index contributed by atoms with van der Waals surface area (Å²) < 4.78 is 40.6. The fourth-order valence-corrected chi connectivity index (χ4v) is 4.94. The molecule has 0 bridgehead atoms. The number of alkyl halides is 3. The second-order valence-electron chi connectivity index (χ2n) is 8.24. The van der Waals surface area contributed by atoms with Gasteiger partial charge in [0, 0.05) is 21.5 Å². The van der Waals surface area contributed by atoms with Crippen LogP contribution in [0, 0.1) is 0 Å². The first-order valence-electron chi connectivity index (χ1n) is 11.6. The number of unbranched alkanes of at least 4 members (excludes halogenated alkanes) is 6. The lowest BCUT2D eigenvalue weighted by molar-refractivity contribution is -0.141. The van der Waals surface area contributed by atoms with Gasteiger partial charge in [-0.25, -0.2) is 0 Å². The van der Waals surface area contributed by atoms with E-state index in [9.17, 15) is 13.2 Å². The van der Waals surface area contributed by atoms with Crippen molar-refractivity contribution >= 4 is 11.3 Å². The molecule has 0 aromatic carbocycles. The van der Waals surface area contributed by atoms with Gasteiger partial charge in [-0.1, -0.05) is 52.4 Å². The van der Waals surface area contributed by atoms with Gasteiger partial charge in [-0.3, -0.25) is 10.1 Å². The molecule has 174 valence electrons. The molecule has 0 amide bonds. The standard InChI is InChI=1S/C25H32F3N3S/c1-3-5-7-9-11-19-13-14-22(32-19)18-15-16-29-21(17-18)23-20(12-10-8-6-4-2)24(31-30-23)25(26,27)28/h13-17H,3-12H2,1-2H3,(H,30,31). The summed E-state index contributed by atoms with van der Waals surface area (Å²) in [4.78, 5) is 6.83. The molecule has 3 rings (SSSR count). The average Bonchev–Trinajstić information content (AvgIpc) is 3.42. The zero-order valence-electron chi connectivity index (χ0n) is 18.9. The van der Waals surface area contributed by atoms with E-state index >= 15 is 0 Å². The molecule has 32 heavy (non-hydrogen) atoms. The maximum Gasteiger partial charge on any atom is 0.435 e. The number of halogens is 3. The van der Waals surface area contributed by atoms with Gasteiger partial charge in [-0.05, 0) is 55.5 Å². The third kappa shape index (κ3) is 6.44. The zero-order chi connectivity index (χ0) is 23.0. The van der Waals surface area contributed by atoms with Crippen LogP contribution in [-0.2, 0) is 19.0 Å². The molecule has 0 aliphatic carbocycles. The summed E-state index contributed by atoms with van der Waals surface area (Å²) in [7, 11) is 0. The first-order valence-corrected chi connectivity index (χ1v) is 12.5. The molecule has 3 nitrogen and oxygen atoms in total. The van der Waals surface area contributed by atoms with Crippen molar-refractivity contribution in [1.82, 2.24) is 15.2 Å². The number of hydrogen-bond acceptors (Lipinski definition) is 3. The SMILES string of the molecule is CCCCCCc1ccc(-c2ccnc(-c3[nH]nc(C(F)(F)F)c3CCCCCC)c2)s1. The topological polar surface area (TPSA) is 41.6 Å². The predicted octanol–water partition coefficient (Wildman–Crippen LogP) is 8.46. The smallest absolute Gasteiger partial charge is 0.275 e. The van der Waals surface area contributed by atoms with Crippen LogP contribution in [-0.4, -0.2) is 15.2 Å². The molecule has 3 aromatic rings. The van der Waals surface area contributed by atoms with Crippen LogP contribution in [0.4, 0.5) is 13.2 Å². The molecular weight excluding hydrogens is 431 g/mol. The Bertz CT molecular complexity index is 975. The van der Waals surface area contributed by atoms with E-state index in [0.29, 0.717) is 24.2 Å². The van der Waals surface area contributed by atoms with E-state index in [2.05, 4.69) is 41.2 Å². The molecule has 1 N–H and O–H groups in total. The molecule has 0 aliphatic rings. The Hall–Kier alpha value is -2.15. The van der Waals surface area contributed by atoms with E-state index in [1.165, 1.54) is 30.6 Å². The number of aromatic amines is 1. The summed E-state index contributed by atoms with van der Waals surface area (Å²) in [5, 5.41) is 6.26. The highest BCUT2D eigenvalue weighted by Crippen LogP contribution is 2.37. The van der Waals surface area contributed by atoms with Gasteiger partial charge >= 0.3 is 6.18 Å². The molecule has 0 fully saturated rings. The molecule has 0 aliphatic heterocycles. The maximum atomic E-state index is 13.5. The Balaban J connectivity index is 1.83. The number of aryl methyl sites for hydroxylation is 1. The van der Waals surface area contributed by atoms with Crippen molar-refractivity contribution in [2.24, 2.45) is 0 Å². The van der Waals surface area contributed by atoms with E-state index in [1.807, 2.05) is 12.1 Å². The number of pyridine rings is 1. The lowest BCUT2D eigenvalue weighted by atomic mass is 10.0. The molecule has 0 saturated heterocycles. The van der Waals surface area contributed by atoms with E-state index in [0.717, 1.165) is 36.1 Å². The van der Waals surface area contributed by atoms with Crippen LogP contribution in [0.2, 0.25) is 0 Å². The summed E-state index contributed by atoms with van der Waals surface area (Å²) in [6.45, 7) is 4.29. The Kier molecular flexibility index (Phi) is 8.91. The van der Waals surface area contributed by atoms with Crippen molar-refractivity contribution in [2.45, 2.75) is 84.2 Å². The predicted molar refractivity (Wildman–Crippen MR) is 126 cm³/mol. The summed E-state index contributed by atoms with van der Waals surface area (Å²) in [6.07, 6.45) is 7.17. The normalized spacial score (nSPS) is 11.9. The highest BCUT2D eigenvalue weighted by molar-refractivity contribution is 7.15. The number of H-pyrrole nitrogens is 1. The van der Waals surface area contributed by atoms with Crippen LogP contribution in [0.25, 0.3) is 21.8 Å². The summed E-state index contributed by atoms with van der Waals surface area (Å²) in [6, 6.07) is 8.04. The fraction of sp³-hybridized carbons (Fsp3) is 0.520.